The van der Waals surface area contributed by atoms with Crippen molar-refractivity contribution in [3.05, 3.63) is 22.4 Å². The summed E-state index contributed by atoms with van der Waals surface area (Å²) in [4.78, 5) is 1.47. The third-order valence-corrected chi connectivity index (χ3v) is 5.51. The summed E-state index contributed by atoms with van der Waals surface area (Å²) in [5.41, 5.74) is 0. The molecule has 18 heavy (non-hydrogen) atoms. The molecular weight excluding hydrogens is 238 g/mol. The predicted octanol–water partition coefficient (Wildman–Crippen LogP) is 4.86. The van der Waals surface area contributed by atoms with E-state index in [-0.39, 0.29) is 0 Å². The highest BCUT2D eigenvalue weighted by atomic mass is 32.1. The zero-order valence-electron chi connectivity index (χ0n) is 12.1. The Morgan fingerprint density at radius 1 is 1.28 bits per heavy atom. The van der Waals surface area contributed by atoms with Crippen molar-refractivity contribution in [2.24, 2.45) is 17.8 Å². The summed E-state index contributed by atoms with van der Waals surface area (Å²) >= 11 is 1.87. The summed E-state index contributed by atoms with van der Waals surface area (Å²) in [5, 5.41) is 6.07. The van der Waals surface area contributed by atoms with E-state index in [2.05, 4.69) is 50.5 Å². The van der Waals surface area contributed by atoms with Gasteiger partial charge in [-0.2, -0.15) is 0 Å². The summed E-state index contributed by atoms with van der Waals surface area (Å²) in [5.74, 6) is 2.53. The van der Waals surface area contributed by atoms with Crippen molar-refractivity contribution in [2.75, 3.05) is 0 Å². The van der Waals surface area contributed by atoms with Gasteiger partial charge in [0.2, 0.25) is 0 Å². The van der Waals surface area contributed by atoms with Crippen LogP contribution in [0.2, 0.25) is 0 Å². The summed E-state index contributed by atoms with van der Waals surface area (Å²) in [6.07, 6.45) is 4.15. The normalized spacial score (nSPS) is 30.6. The lowest BCUT2D eigenvalue weighted by molar-refractivity contribution is 0.161. The topological polar surface area (TPSA) is 12.0 Å². The predicted molar refractivity (Wildman–Crippen MR) is 81.0 cm³/mol. The maximum atomic E-state index is 3.89. The third kappa shape index (κ3) is 3.36. The Balaban J connectivity index is 2.00. The Kier molecular flexibility index (Phi) is 4.85. The van der Waals surface area contributed by atoms with Gasteiger partial charge in [-0.15, -0.1) is 11.3 Å². The van der Waals surface area contributed by atoms with E-state index in [1.165, 1.54) is 24.1 Å². The maximum Gasteiger partial charge on any atom is 0.0388 e. The van der Waals surface area contributed by atoms with Crippen LogP contribution in [0.3, 0.4) is 0 Å². The van der Waals surface area contributed by atoms with Gasteiger partial charge in [-0.25, -0.2) is 0 Å². The lowest BCUT2D eigenvalue weighted by Crippen LogP contribution is -2.43. The molecule has 102 valence electrons. The molecule has 1 aliphatic rings. The molecule has 3 unspecified atom stereocenters. The van der Waals surface area contributed by atoms with Crippen LogP contribution in [0.1, 0.15) is 57.9 Å². The molecule has 1 aliphatic carbocycles. The van der Waals surface area contributed by atoms with E-state index >= 15 is 0 Å². The maximum absolute atomic E-state index is 3.89. The van der Waals surface area contributed by atoms with Crippen LogP contribution in [0.5, 0.6) is 0 Å². The second-order valence-corrected chi connectivity index (χ2v) is 7.32. The van der Waals surface area contributed by atoms with Gasteiger partial charge in [0.05, 0.1) is 0 Å². The van der Waals surface area contributed by atoms with Gasteiger partial charge in [0, 0.05) is 17.0 Å². The van der Waals surface area contributed by atoms with E-state index in [9.17, 15) is 0 Å². The minimum absolute atomic E-state index is 0.501. The second-order valence-electron chi connectivity index (χ2n) is 6.34. The molecule has 1 fully saturated rings. The zero-order valence-corrected chi connectivity index (χ0v) is 13.0. The number of hydrogen-bond acceptors (Lipinski definition) is 2. The summed E-state index contributed by atoms with van der Waals surface area (Å²) in [6.45, 7) is 9.47. The first-order valence-electron chi connectivity index (χ1n) is 7.37. The first-order valence-corrected chi connectivity index (χ1v) is 8.25. The molecule has 0 amide bonds. The lowest BCUT2D eigenvalue weighted by Gasteiger charge is -2.39. The van der Waals surface area contributed by atoms with Crippen molar-refractivity contribution < 1.29 is 0 Å². The van der Waals surface area contributed by atoms with Crippen molar-refractivity contribution in [3.63, 3.8) is 0 Å². The molecule has 2 rings (SSSR count). The molecule has 0 saturated heterocycles. The van der Waals surface area contributed by atoms with Crippen LogP contribution < -0.4 is 5.32 Å². The van der Waals surface area contributed by atoms with E-state index in [4.69, 9.17) is 0 Å². The van der Waals surface area contributed by atoms with E-state index in [1.807, 2.05) is 11.3 Å². The van der Waals surface area contributed by atoms with Crippen LogP contribution in [-0.4, -0.2) is 6.04 Å². The Labute approximate surface area is 116 Å². The fraction of sp³-hybridized carbons (Fsp3) is 0.750. The summed E-state index contributed by atoms with van der Waals surface area (Å²) in [7, 11) is 0. The molecule has 0 aliphatic heterocycles. The van der Waals surface area contributed by atoms with Gasteiger partial charge in [-0.05, 0) is 49.0 Å². The van der Waals surface area contributed by atoms with E-state index in [0.29, 0.717) is 12.1 Å². The summed E-state index contributed by atoms with van der Waals surface area (Å²) < 4.78 is 0. The zero-order chi connectivity index (χ0) is 13.1. The lowest BCUT2D eigenvalue weighted by atomic mass is 9.74. The van der Waals surface area contributed by atoms with Gasteiger partial charge in [0.25, 0.3) is 0 Å². The molecule has 1 heterocycles. The average molecular weight is 265 g/mol. The van der Waals surface area contributed by atoms with Crippen molar-refractivity contribution in [3.8, 4) is 0 Å². The molecule has 1 N–H and O–H groups in total. The minimum atomic E-state index is 0.501. The van der Waals surface area contributed by atoms with Crippen molar-refractivity contribution in [1.29, 1.82) is 0 Å². The summed E-state index contributed by atoms with van der Waals surface area (Å²) in [6, 6.07) is 5.60. The quantitative estimate of drug-likeness (QED) is 0.820. The van der Waals surface area contributed by atoms with Gasteiger partial charge in [-0.3, -0.25) is 0 Å². The van der Waals surface area contributed by atoms with Crippen LogP contribution >= 0.6 is 11.3 Å². The average Bonchev–Trinajstić information content (AvgIpc) is 2.81. The Morgan fingerprint density at radius 2 is 2.06 bits per heavy atom. The standard InChI is InChI=1S/C16H27NS/c1-11(2)14-8-7-12(3)10-15(14)17-13(4)16-6-5-9-18-16/h5-6,9,11-15,17H,7-8,10H2,1-4H3/t12?,13-,14?,15?/m1/s1. The number of nitrogens with one attached hydrogen (secondary N) is 1. The molecular formula is C16H27NS. The van der Waals surface area contributed by atoms with E-state index in [1.54, 1.807) is 0 Å². The number of hydrogen-bond donors (Lipinski definition) is 1. The number of thiophene rings is 1. The Hall–Kier alpha value is -0.340. The number of rotatable bonds is 4. The van der Waals surface area contributed by atoms with Crippen molar-refractivity contribution >= 4 is 11.3 Å². The fourth-order valence-electron chi connectivity index (χ4n) is 3.33. The van der Waals surface area contributed by atoms with Gasteiger partial charge in [-0.1, -0.05) is 33.3 Å². The van der Waals surface area contributed by atoms with Crippen LogP contribution in [-0.2, 0) is 0 Å². The highest BCUT2D eigenvalue weighted by Gasteiger charge is 2.31. The van der Waals surface area contributed by atoms with E-state index in [0.717, 1.165) is 17.8 Å². The first-order chi connectivity index (χ1) is 8.58. The molecule has 1 aromatic rings. The van der Waals surface area contributed by atoms with Crippen molar-refractivity contribution in [2.45, 2.75) is 59.0 Å². The van der Waals surface area contributed by atoms with Crippen molar-refractivity contribution in [1.82, 2.24) is 5.32 Å². The fourth-order valence-corrected chi connectivity index (χ4v) is 4.08. The smallest absolute Gasteiger partial charge is 0.0388 e. The van der Waals surface area contributed by atoms with Gasteiger partial charge >= 0.3 is 0 Å². The van der Waals surface area contributed by atoms with Gasteiger partial charge in [0.15, 0.2) is 0 Å². The second kappa shape index (κ2) is 6.21. The van der Waals surface area contributed by atoms with Gasteiger partial charge < -0.3 is 5.32 Å². The minimum Gasteiger partial charge on any atom is -0.306 e. The van der Waals surface area contributed by atoms with E-state index < -0.39 is 0 Å². The molecule has 1 saturated carbocycles. The highest BCUT2D eigenvalue weighted by molar-refractivity contribution is 7.10. The SMILES string of the molecule is CC1CCC(C(C)C)C(N[C@H](C)c2cccs2)C1. The Bertz CT molecular complexity index is 344. The van der Waals surface area contributed by atoms with Crippen LogP contribution in [0.4, 0.5) is 0 Å². The molecule has 1 nitrogen and oxygen atoms in total. The molecule has 0 aromatic carbocycles. The van der Waals surface area contributed by atoms with Gasteiger partial charge in [0.1, 0.15) is 0 Å². The van der Waals surface area contributed by atoms with Crippen LogP contribution in [0.15, 0.2) is 17.5 Å². The Morgan fingerprint density at radius 3 is 2.67 bits per heavy atom. The van der Waals surface area contributed by atoms with Crippen LogP contribution in [0, 0.1) is 17.8 Å². The molecule has 0 radical (unpaired) electrons. The molecule has 4 atom stereocenters. The largest absolute Gasteiger partial charge is 0.306 e. The first kappa shape index (κ1) is 14.1. The van der Waals surface area contributed by atoms with Crippen LogP contribution in [0.25, 0.3) is 0 Å². The molecule has 2 heteroatoms. The third-order valence-electron chi connectivity index (χ3n) is 4.46. The molecule has 1 aromatic heterocycles. The molecule has 0 bridgehead atoms. The monoisotopic (exact) mass is 265 g/mol. The highest BCUT2D eigenvalue weighted by Crippen LogP contribution is 2.35. The molecule has 0 spiro atoms.